The molecule has 0 atom stereocenters. The predicted octanol–water partition coefficient (Wildman–Crippen LogP) is 4.04. The van der Waals surface area contributed by atoms with Gasteiger partial charge in [0.05, 0.1) is 10.6 Å². The first-order valence-electron chi connectivity index (χ1n) is 4.88. The summed E-state index contributed by atoms with van der Waals surface area (Å²) in [6.45, 7) is 0. The van der Waals surface area contributed by atoms with E-state index in [1.165, 1.54) is 6.07 Å². The summed E-state index contributed by atoms with van der Waals surface area (Å²) in [5.74, 6) is -0.344. The zero-order valence-electron chi connectivity index (χ0n) is 8.65. The van der Waals surface area contributed by atoms with Crippen LogP contribution in [0.5, 0.6) is 5.75 Å². The molecule has 0 aromatic heterocycles. The summed E-state index contributed by atoms with van der Waals surface area (Å²) in [5.41, 5.74) is 0.607. The largest absolute Gasteiger partial charge is 0.507 e. The highest BCUT2D eigenvalue weighted by Gasteiger charge is 2.16. The summed E-state index contributed by atoms with van der Waals surface area (Å²) in [6.07, 6.45) is 0. The Bertz CT molecular complexity index is 581. The molecule has 0 spiro atoms. The number of hydrogen-bond donors (Lipinski definition) is 1. The number of halogens is 2. The lowest BCUT2D eigenvalue weighted by Crippen LogP contribution is -2.02. The number of para-hydroxylation sites is 1. The molecule has 0 aliphatic heterocycles. The van der Waals surface area contributed by atoms with Crippen LogP contribution < -0.4 is 0 Å². The Morgan fingerprint density at radius 3 is 2.41 bits per heavy atom. The van der Waals surface area contributed by atoms with Crippen molar-refractivity contribution in [1.82, 2.24) is 0 Å². The molecule has 2 aromatic carbocycles. The molecule has 0 saturated heterocycles. The van der Waals surface area contributed by atoms with Gasteiger partial charge in [-0.25, -0.2) is 0 Å². The maximum atomic E-state index is 12.2. The van der Waals surface area contributed by atoms with E-state index in [1.807, 2.05) is 0 Å². The first kappa shape index (κ1) is 12.1. The second kappa shape index (κ2) is 4.90. The normalized spacial score (nSPS) is 10.2. The van der Waals surface area contributed by atoms with Crippen molar-refractivity contribution in [3.63, 3.8) is 0 Å². The lowest BCUT2D eigenvalue weighted by atomic mass is 10.0. The maximum Gasteiger partial charge on any atom is 0.198 e. The highest BCUT2D eigenvalue weighted by Crippen LogP contribution is 2.29. The number of ketones is 1. The SMILES string of the molecule is O=C(c1ccccc1O)c1cccc(Br)c1Cl. The van der Waals surface area contributed by atoms with Crippen molar-refractivity contribution in [3.8, 4) is 5.75 Å². The summed E-state index contributed by atoms with van der Waals surface area (Å²) < 4.78 is 0.653. The van der Waals surface area contributed by atoms with Gasteiger partial charge in [-0.2, -0.15) is 0 Å². The number of aromatic hydroxyl groups is 1. The molecule has 0 saturated carbocycles. The molecule has 2 nitrogen and oxygen atoms in total. The Morgan fingerprint density at radius 2 is 1.71 bits per heavy atom. The molecule has 86 valence electrons. The summed E-state index contributed by atoms with van der Waals surface area (Å²) in [7, 11) is 0. The van der Waals surface area contributed by atoms with E-state index in [4.69, 9.17) is 11.6 Å². The van der Waals surface area contributed by atoms with Crippen LogP contribution in [0, 0.1) is 0 Å². The van der Waals surface area contributed by atoms with Crippen molar-refractivity contribution in [2.24, 2.45) is 0 Å². The number of phenols is 1. The fourth-order valence-corrected chi connectivity index (χ4v) is 2.07. The summed E-state index contributed by atoms with van der Waals surface area (Å²) in [5, 5.41) is 9.97. The number of carbonyl (C=O) groups excluding carboxylic acids is 1. The quantitative estimate of drug-likeness (QED) is 0.850. The van der Waals surface area contributed by atoms with Crippen LogP contribution in [0.15, 0.2) is 46.9 Å². The number of rotatable bonds is 2. The Labute approximate surface area is 112 Å². The van der Waals surface area contributed by atoms with Gasteiger partial charge in [-0.05, 0) is 40.2 Å². The molecule has 1 N–H and O–H groups in total. The number of benzene rings is 2. The van der Waals surface area contributed by atoms with Crippen LogP contribution in [0.3, 0.4) is 0 Å². The van der Waals surface area contributed by atoms with Crippen LogP contribution in [-0.4, -0.2) is 10.9 Å². The van der Waals surface area contributed by atoms with Gasteiger partial charge in [-0.15, -0.1) is 0 Å². The van der Waals surface area contributed by atoms with E-state index >= 15 is 0 Å². The minimum Gasteiger partial charge on any atom is -0.507 e. The molecule has 0 heterocycles. The summed E-state index contributed by atoms with van der Waals surface area (Å²) in [6, 6.07) is 11.5. The van der Waals surface area contributed by atoms with E-state index in [9.17, 15) is 9.90 Å². The Balaban J connectivity index is 2.52. The predicted molar refractivity (Wildman–Crippen MR) is 70.7 cm³/mol. The third-order valence-electron chi connectivity index (χ3n) is 2.34. The summed E-state index contributed by atoms with van der Waals surface area (Å²) in [4.78, 5) is 12.2. The Kier molecular flexibility index (Phi) is 3.50. The van der Waals surface area contributed by atoms with Gasteiger partial charge in [0.25, 0.3) is 0 Å². The third kappa shape index (κ3) is 2.35. The Hall–Kier alpha value is -1.32. The van der Waals surface area contributed by atoms with Gasteiger partial charge in [0.2, 0.25) is 0 Å². The molecule has 0 aliphatic carbocycles. The van der Waals surface area contributed by atoms with Gasteiger partial charge in [-0.3, -0.25) is 4.79 Å². The number of phenolic OH excluding ortho intramolecular Hbond substituents is 1. The fraction of sp³-hybridized carbons (Fsp3) is 0. The van der Waals surface area contributed by atoms with E-state index in [0.717, 1.165) is 0 Å². The monoisotopic (exact) mass is 310 g/mol. The van der Waals surface area contributed by atoms with Crippen LogP contribution in [0.1, 0.15) is 15.9 Å². The van der Waals surface area contributed by atoms with Crippen molar-refractivity contribution in [3.05, 3.63) is 63.1 Å². The number of hydrogen-bond acceptors (Lipinski definition) is 2. The van der Waals surface area contributed by atoms with Crippen LogP contribution >= 0.6 is 27.5 Å². The molecule has 2 aromatic rings. The van der Waals surface area contributed by atoms with Crippen LogP contribution in [0.2, 0.25) is 5.02 Å². The van der Waals surface area contributed by atoms with Crippen molar-refractivity contribution < 1.29 is 9.90 Å². The molecular weight excluding hydrogens is 303 g/mol. The zero-order valence-corrected chi connectivity index (χ0v) is 11.0. The molecule has 0 radical (unpaired) electrons. The van der Waals surface area contributed by atoms with E-state index in [-0.39, 0.29) is 17.1 Å². The molecule has 17 heavy (non-hydrogen) atoms. The van der Waals surface area contributed by atoms with Crippen molar-refractivity contribution in [2.75, 3.05) is 0 Å². The highest BCUT2D eigenvalue weighted by molar-refractivity contribution is 9.10. The van der Waals surface area contributed by atoms with E-state index in [0.29, 0.717) is 15.1 Å². The maximum absolute atomic E-state index is 12.2. The zero-order chi connectivity index (χ0) is 12.4. The highest BCUT2D eigenvalue weighted by atomic mass is 79.9. The summed E-state index contributed by atoms with van der Waals surface area (Å²) >= 11 is 9.30. The molecule has 4 heteroatoms. The molecule has 0 unspecified atom stereocenters. The van der Waals surface area contributed by atoms with E-state index < -0.39 is 0 Å². The molecule has 0 bridgehead atoms. The van der Waals surface area contributed by atoms with Gasteiger partial charge in [0.1, 0.15) is 5.75 Å². The molecule has 0 amide bonds. The molecular formula is C13H8BrClO2. The third-order valence-corrected chi connectivity index (χ3v) is 3.64. The second-order valence-electron chi connectivity index (χ2n) is 3.45. The lowest BCUT2D eigenvalue weighted by Gasteiger charge is -2.06. The van der Waals surface area contributed by atoms with Gasteiger partial charge in [0, 0.05) is 10.0 Å². The minimum atomic E-state index is -0.297. The van der Waals surface area contributed by atoms with Crippen molar-refractivity contribution >= 4 is 33.3 Å². The van der Waals surface area contributed by atoms with Crippen LogP contribution in [0.25, 0.3) is 0 Å². The van der Waals surface area contributed by atoms with Gasteiger partial charge < -0.3 is 5.11 Å². The molecule has 0 fully saturated rings. The van der Waals surface area contributed by atoms with Gasteiger partial charge >= 0.3 is 0 Å². The molecule has 2 rings (SSSR count). The standard InChI is InChI=1S/C13H8BrClO2/c14-10-6-3-5-9(12(10)15)13(17)8-4-1-2-7-11(8)16/h1-7,16H. The fourth-order valence-electron chi connectivity index (χ4n) is 1.49. The van der Waals surface area contributed by atoms with Crippen LogP contribution in [0.4, 0.5) is 0 Å². The van der Waals surface area contributed by atoms with Gasteiger partial charge in [0.15, 0.2) is 5.78 Å². The Morgan fingerprint density at radius 1 is 1.06 bits per heavy atom. The molecule has 0 aliphatic rings. The lowest BCUT2D eigenvalue weighted by molar-refractivity contribution is 0.103. The second-order valence-corrected chi connectivity index (χ2v) is 4.68. The average Bonchev–Trinajstić information content (AvgIpc) is 2.32. The minimum absolute atomic E-state index is 0.0476. The van der Waals surface area contributed by atoms with E-state index in [1.54, 1.807) is 36.4 Å². The van der Waals surface area contributed by atoms with Crippen molar-refractivity contribution in [2.45, 2.75) is 0 Å². The average molecular weight is 312 g/mol. The number of carbonyl (C=O) groups is 1. The topological polar surface area (TPSA) is 37.3 Å². The van der Waals surface area contributed by atoms with Crippen LogP contribution in [-0.2, 0) is 0 Å². The van der Waals surface area contributed by atoms with Crippen molar-refractivity contribution in [1.29, 1.82) is 0 Å². The van der Waals surface area contributed by atoms with E-state index in [2.05, 4.69) is 15.9 Å². The smallest absolute Gasteiger partial charge is 0.198 e. The first-order chi connectivity index (χ1) is 8.11. The van der Waals surface area contributed by atoms with Gasteiger partial charge in [-0.1, -0.05) is 29.8 Å². The first-order valence-corrected chi connectivity index (χ1v) is 6.05.